The molecule has 3 nitrogen and oxygen atoms in total. The average Bonchev–Trinajstić information content (AvgIpc) is 1.57. The van der Waals surface area contributed by atoms with E-state index in [1.807, 2.05) is 0 Å². The molecular formula is C4H7NO2S. The van der Waals surface area contributed by atoms with Crippen molar-refractivity contribution in [2.45, 2.75) is 11.8 Å². The fourth-order valence-corrected chi connectivity index (χ4v) is 1.21. The summed E-state index contributed by atoms with van der Waals surface area (Å²) in [5, 5.41) is 2.44. The molecule has 1 aliphatic rings. The van der Waals surface area contributed by atoms with Crippen LogP contribution in [0, 0.1) is 0 Å². The van der Waals surface area contributed by atoms with Crippen LogP contribution in [0.15, 0.2) is 0 Å². The quantitative estimate of drug-likeness (QED) is 0.476. The lowest BCUT2D eigenvalue weighted by Crippen LogP contribution is -2.50. The normalized spacial score (nSPS) is 30.6. The summed E-state index contributed by atoms with van der Waals surface area (Å²) in [6.45, 7) is 0. The van der Waals surface area contributed by atoms with E-state index in [1.165, 1.54) is 0 Å². The van der Waals surface area contributed by atoms with Crippen molar-refractivity contribution in [1.82, 2.24) is 5.32 Å². The molecule has 1 fully saturated rings. The second kappa shape index (κ2) is 1.85. The highest BCUT2D eigenvalue weighted by molar-refractivity contribution is 7.85. The summed E-state index contributed by atoms with van der Waals surface area (Å²) in [5.41, 5.74) is 0. The fourth-order valence-electron chi connectivity index (χ4n) is 0.527. The highest BCUT2D eigenvalue weighted by atomic mass is 32.2. The number of β-lactam (4-membered cyclic amide) rings is 1. The molecule has 46 valence electrons. The number of carbonyl (C=O) groups excluding carboxylic acids is 1. The predicted molar refractivity (Wildman–Crippen MR) is 30.6 cm³/mol. The number of nitrogens with one attached hydrogen (secondary N) is 1. The summed E-state index contributed by atoms with van der Waals surface area (Å²) in [6, 6.07) is 0. The lowest BCUT2D eigenvalue weighted by atomic mass is 10.3. The molecule has 1 rings (SSSR count). The maximum Gasteiger partial charge on any atom is 0.224 e. The van der Waals surface area contributed by atoms with E-state index in [-0.39, 0.29) is 11.3 Å². The lowest BCUT2D eigenvalue weighted by molar-refractivity contribution is -0.126. The zero-order valence-corrected chi connectivity index (χ0v) is 5.33. The first-order valence-corrected chi connectivity index (χ1v) is 3.94. The van der Waals surface area contributed by atoms with Crippen molar-refractivity contribution in [2.24, 2.45) is 0 Å². The maximum absolute atomic E-state index is 10.5. The first-order valence-electron chi connectivity index (χ1n) is 2.32. The zero-order valence-electron chi connectivity index (χ0n) is 4.51. The minimum absolute atomic E-state index is 0.00481. The van der Waals surface area contributed by atoms with Crippen LogP contribution >= 0.6 is 0 Å². The fraction of sp³-hybridized carbons (Fsp3) is 0.750. The van der Waals surface area contributed by atoms with Crippen molar-refractivity contribution in [3.63, 3.8) is 0 Å². The Balaban J connectivity index is 2.35. The Bertz CT molecular complexity index is 137. The molecule has 1 heterocycles. The van der Waals surface area contributed by atoms with Crippen molar-refractivity contribution in [3.8, 4) is 0 Å². The Kier molecular flexibility index (Phi) is 1.33. The van der Waals surface area contributed by atoms with Crippen LogP contribution in [-0.4, -0.2) is 21.7 Å². The van der Waals surface area contributed by atoms with Crippen LogP contribution in [0.3, 0.4) is 0 Å². The van der Waals surface area contributed by atoms with Gasteiger partial charge in [0, 0.05) is 17.1 Å². The van der Waals surface area contributed by atoms with Gasteiger partial charge in [0.05, 0.1) is 6.42 Å². The van der Waals surface area contributed by atoms with Crippen molar-refractivity contribution in [2.75, 3.05) is 6.26 Å². The van der Waals surface area contributed by atoms with Gasteiger partial charge < -0.3 is 5.32 Å². The molecular weight excluding hydrogens is 126 g/mol. The van der Waals surface area contributed by atoms with Crippen LogP contribution in [-0.2, 0) is 15.6 Å². The van der Waals surface area contributed by atoms with Gasteiger partial charge in [0.2, 0.25) is 5.91 Å². The minimum Gasteiger partial charge on any atom is -0.341 e. The van der Waals surface area contributed by atoms with Gasteiger partial charge in [-0.05, 0) is 0 Å². The Hall–Kier alpha value is -0.380. The molecule has 0 spiro atoms. The zero-order chi connectivity index (χ0) is 6.15. The molecule has 1 amide bonds. The summed E-state index contributed by atoms with van der Waals surface area (Å²) in [4.78, 5) is 10.2. The second-order valence-corrected chi connectivity index (χ2v) is 3.33. The minimum atomic E-state index is -0.876. The van der Waals surface area contributed by atoms with Crippen molar-refractivity contribution in [1.29, 1.82) is 0 Å². The van der Waals surface area contributed by atoms with E-state index in [9.17, 15) is 9.00 Å². The van der Waals surface area contributed by atoms with Gasteiger partial charge in [0.15, 0.2) is 0 Å². The molecule has 0 aromatic heterocycles. The Morgan fingerprint density at radius 3 is 2.50 bits per heavy atom. The average molecular weight is 133 g/mol. The van der Waals surface area contributed by atoms with Gasteiger partial charge in [-0.25, -0.2) is 0 Å². The number of hydrogen-bond donors (Lipinski definition) is 1. The molecule has 1 saturated heterocycles. The number of hydrogen-bond acceptors (Lipinski definition) is 2. The van der Waals surface area contributed by atoms with Gasteiger partial charge in [-0.1, -0.05) is 0 Å². The van der Waals surface area contributed by atoms with E-state index in [0.717, 1.165) is 0 Å². The molecule has 1 N–H and O–H groups in total. The second-order valence-electron chi connectivity index (χ2n) is 1.76. The Labute approximate surface area is 49.9 Å². The van der Waals surface area contributed by atoms with E-state index in [4.69, 9.17) is 0 Å². The van der Waals surface area contributed by atoms with Crippen LogP contribution in [0.2, 0.25) is 0 Å². The van der Waals surface area contributed by atoms with E-state index in [0.29, 0.717) is 6.42 Å². The number of amides is 1. The Morgan fingerprint density at radius 1 is 1.88 bits per heavy atom. The molecule has 0 aliphatic carbocycles. The van der Waals surface area contributed by atoms with Crippen LogP contribution < -0.4 is 5.32 Å². The van der Waals surface area contributed by atoms with Gasteiger partial charge in [-0.15, -0.1) is 0 Å². The van der Waals surface area contributed by atoms with Crippen molar-refractivity contribution in [3.05, 3.63) is 0 Å². The molecule has 4 heteroatoms. The van der Waals surface area contributed by atoms with Crippen molar-refractivity contribution >= 4 is 16.7 Å². The summed E-state index contributed by atoms with van der Waals surface area (Å²) in [7, 11) is -0.876. The van der Waals surface area contributed by atoms with Gasteiger partial charge in [0.25, 0.3) is 0 Å². The molecule has 8 heavy (non-hydrogen) atoms. The first-order chi connectivity index (χ1) is 3.70. The van der Waals surface area contributed by atoms with E-state index in [2.05, 4.69) is 5.32 Å². The summed E-state index contributed by atoms with van der Waals surface area (Å²) in [5.74, 6) is 0.00481. The third kappa shape index (κ3) is 0.888. The summed E-state index contributed by atoms with van der Waals surface area (Å²) in [6.07, 6.45) is 2.02. The summed E-state index contributed by atoms with van der Waals surface area (Å²) >= 11 is 0. The topological polar surface area (TPSA) is 46.2 Å². The van der Waals surface area contributed by atoms with E-state index < -0.39 is 10.8 Å². The molecule has 0 radical (unpaired) electrons. The van der Waals surface area contributed by atoms with Gasteiger partial charge in [-0.2, -0.15) is 0 Å². The molecule has 0 aromatic carbocycles. The maximum atomic E-state index is 10.5. The molecule has 0 bridgehead atoms. The largest absolute Gasteiger partial charge is 0.341 e. The van der Waals surface area contributed by atoms with Crippen LogP contribution in [0.25, 0.3) is 0 Å². The number of rotatable bonds is 1. The van der Waals surface area contributed by atoms with Crippen LogP contribution in [0.1, 0.15) is 6.42 Å². The van der Waals surface area contributed by atoms with Gasteiger partial charge >= 0.3 is 0 Å². The molecule has 2 unspecified atom stereocenters. The Morgan fingerprint density at radius 2 is 2.38 bits per heavy atom. The van der Waals surface area contributed by atoms with Gasteiger partial charge in [-0.3, -0.25) is 9.00 Å². The number of carbonyl (C=O) groups is 1. The lowest BCUT2D eigenvalue weighted by Gasteiger charge is -2.23. The highest BCUT2D eigenvalue weighted by Gasteiger charge is 2.27. The first kappa shape index (κ1) is 5.75. The van der Waals surface area contributed by atoms with Crippen LogP contribution in [0.5, 0.6) is 0 Å². The van der Waals surface area contributed by atoms with Gasteiger partial charge in [0.1, 0.15) is 5.37 Å². The molecule has 0 aromatic rings. The SMILES string of the molecule is CS(=O)C1CC(=O)N1. The van der Waals surface area contributed by atoms with E-state index >= 15 is 0 Å². The monoisotopic (exact) mass is 133 g/mol. The standard InChI is InChI=1S/C4H7NO2S/c1-8(7)4-2-3(6)5-4/h4H,2H2,1H3,(H,5,6). The predicted octanol–water partition coefficient (Wildman–Crippen LogP) is -0.789. The third-order valence-electron chi connectivity index (χ3n) is 1.09. The van der Waals surface area contributed by atoms with Crippen LogP contribution in [0.4, 0.5) is 0 Å². The molecule has 2 atom stereocenters. The van der Waals surface area contributed by atoms with Crippen molar-refractivity contribution < 1.29 is 9.00 Å². The van der Waals surface area contributed by atoms with E-state index in [1.54, 1.807) is 6.26 Å². The highest BCUT2D eigenvalue weighted by Crippen LogP contribution is 2.05. The molecule has 1 aliphatic heterocycles. The molecule has 0 saturated carbocycles. The summed E-state index contributed by atoms with van der Waals surface area (Å²) < 4.78 is 10.5. The smallest absolute Gasteiger partial charge is 0.224 e. The third-order valence-corrected chi connectivity index (χ3v) is 2.18.